The standard InChI is InChI=1S/C18H23N3O4/c1-9(2)18(4)16(22)20-15(21-18)14-12(25-17(23)24)8-11-7-5-6-10(3)13(11)19-14/h8-10H,5-7H2,1-4H3,(H,23,24)(H,20,21,22). The number of nitrogens with one attached hydrogen (secondary N) is 1. The molecule has 1 aliphatic heterocycles. The van der Waals surface area contributed by atoms with E-state index in [1.165, 1.54) is 0 Å². The third kappa shape index (κ3) is 2.99. The Hall–Kier alpha value is -2.44. The van der Waals surface area contributed by atoms with Crippen LogP contribution in [-0.4, -0.2) is 33.5 Å². The van der Waals surface area contributed by atoms with Crippen molar-refractivity contribution < 1.29 is 19.4 Å². The highest BCUT2D eigenvalue weighted by Crippen LogP contribution is 2.35. The highest BCUT2D eigenvalue weighted by atomic mass is 16.7. The van der Waals surface area contributed by atoms with Crippen molar-refractivity contribution in [2.24, 2.45) is 10.9 Å². The maximum atomic E-state index is 12.4. The Kier molecular flexibility index (Phi) is 4.26. The molecule has 7 heteroatoms. The van der Waals surface area contributed by atoms with Crippen LogP contribution in [0, 0.1) is 5.92 Å². The van der Waals surface area contributed by atoms with Gasteiger partial charge in [0.1, 0.15) is 11.2 Å². The topological polar surface area (TPSA) is 101 Å². The molecule has 2 N–H and O–H groups in total. The van der Waals surface area contributed by atoms with Crippen LogP contribution >= 0.6 is 0 Å². The van der Waals surface area contributed by atoms with E-state index in [1.54, 1.807) is 13.0 Å². The van der Waals surface area contributed by atoms with Crippen molar-refractivity contribution in [2.45, 2.75) is 58.4 Å². The maximum absolute atomic E-state index is 12.4. The first kappa shape index (κ1) is 17.4. The third-order valence-electron chi connectivity index (χ3n) is 5.23. The van der Waals surface area contributed by atoms with Crippen molar-refractivity contribution in [3.63, 3.8) is 0 Å². The van der Waals surface area contributed by atoms with Crippen LogP contribution in [0.15, 0.2) is 11.1 Å². The Balaban J connectivity index is 2.13. The van der Waals surface area contributed by atoms with E-state index >= 15 is 0 Å². The first-order chi connectivity index (χ1) is 11.7. The van der Waals surface area contributed by atoms with Gasteiger partial charge < -0.3 is 15.2 Å². The fraction of sp³-hybridized carbons (Fsp3) is 0.556. The number of aliphatic imine (C=N–C) groups is 1. The zero-order valence-electron chi connectivity index (χ0n) is 14.9. The van der Waals surface area contributed by atoms with Gasteiger partial charge in [0.05, 0.1) is 0 Å². The second-order valence-electron chi connectivity index (χ2n) is 7.26. The second kappa shape index (κ2) is 6.13. The van der Waals surface area contributed by atoms with Crippen LogP contribution in [0.5, 0.6) is 5.75 Å². The molecule has 3 rings (SSSR count). The summed E-state index contributed by atoms with van der Waals surface area (Å²) in [4.78, 5) is 32.7. The number of carbonyl (C=O) groups is 2. The normalized spacial score (nSPS) is 25.4. The summed E-state index contributed by atoms with van der Waals surface area (Å²) in [6.45, 7) is 7.70. The average molecular weight is 345 g/mol. The van der Waals surface area contributed by atoms with Gasteiger partial charge in [-0.05, 0) is 49.7 Å². The summed E-state index contributed by atoms with van der Waals surface area (Å²) in [7, 11) is 0. The predicted molar refractivity (Wildman–Crippen MR) is 92.2 cm³/mol. The number of ether oxygens (including phenoxy) is 1. The molecule has 134 valence electrons. The number of carboxylic acid groups (broad SMARTS) is 1. The lowest BCUT2D eigenvalue weighted by Crippen LogP contribution is -2.41. The minimum absolute atomic E-state index is 0.00890. The van der Waals surface area contributed by atoms with Gasteiger partial charge in [0.2, 0.25) is 0 Å². The van der Waals surface area contributed by atoms with Crippen LogP contribution in [0.4, 0.5) is 4.79 Å². The van der Waals surface area contributed by atoms with E-state index in [-0.39, 0.29) is 35.0 Å². The predicted octanol–water partition coefficient (Wildman–Crippen LogP) is 2.87. The lowest BCUT2D eigenvalue weighted by molar-refractivity contribution is -0.124. The first-order valence-electron chi connectivity index (χ1n) is 8.58. The fourth-order valence-corrected chi connectivity index (χ4v) is 3.30. The van der Waals surface area contributed by atoms with Crippen molar-refractivity contribution in [1.29, 1.82) is 0 Å². The fourth-order valence-electron chi connectivity index (χ4n) is 3.30. The molecule has 2 unspecified atom stereocenters. The SMILES string of the molecule is CC1CCCc2cc(OC(=O)O)c(C3=NC(C)(C(C)C)C(=O)N3)nc21. The van der Waals surface area contributed by atoms with Gasteiger partial charge in [-0.15, -0.1) is 0 Å². The quantitative estimate of drug-likeness (QED) is 0.820. The Morgan fingerprint density at radius 2 is 2.20 bits per heavy atom. The number of carbonyl (C=O) groups excluding carboxylic acids is 1. The molecule has 1 aliphatic carbocycles. The van der Waals surface area contributed by atoms with Gasteiger partial charge in [-0.2, -0.15) is 0 Å². The minimum atomic E-state index is -1.41. The number of aromatic nitrogens is 1. The summed E-state index contributed by atoms with van der Waals surface area (Å²) in [5.74, 6) is 0.442. The number of fused-ring (bicyclic) bond motifs is 1. The molecule has 0 radical (unpaired) electrons. The molecule has 1 aromatic heterocycles. The molecule has 0 saturated carbocycles. The monoisotopic (exact) mass is 345 g/mol. The highest BCUT2D eigenvalue weighted by Gasteiger charge is 2.43. The Labute approximate surface area is 146 Å². The zero-order valence-corrected chi connectivity index (χ0v) is 14.9. The molecular weight excluding hydrogens is 322 g/mol. The number of rotatable bonds is 3. The van der Waals surface area contributed by atoms with Gasteiger partial charge in [0, 0.05) is 5.69 Å². The van der Waals surface area contributed by atoms with Crippen molar-refractivity contribution >= 4 is 17.9 Å². The van der Waals surface area contributed by atoms with E-state index in [9.17, 15) is 9.59 Å². The molecule has 0 saturated heterocycles. The Morgan fingerprint density at radius 1 is 1.48 bits per heavy atom. The summed E-state index contributed by atoms with van der Waals surface area (Å²) >= 11 is 0. The smallest absolute Gasteiger partial charge is 0.449 e. The number of amides is 1. The number of amidine groups is 1. The number of hydrogen-bond acceptors (Lipinski definition) is 5. The van der Waals surface area contributed by atoms with Crippen LogP contribution in [0.25, 0.3) is 0 Å². The number of hydrogen-bond donors (Lipinski definition) is 2. The number of pyridine rings is 1. The Morgan fingerprint density at radius 3 is 2.80 bits per heavy atom. The lowest BCUT2D eigenvalue weighted by atomic mass is 9.87. The molecule has 2 aliphatic rings. The first-order valence-corrected chi connectivity index (χ1v) is 8.58. The molecule has 2 atom stereocenters. The van der Waals surface area contributed by atoms with Gasteiger partial charge >= 0.3 is 6.16 Å². The molecule has 25 heavy (non-hydrogen) atoms. The molecule has 0 aromatic carbocycles. The molecule has 7 nitrogen and oxygen atoms in total. The molecule has 0 spiro atoms. The number of aryl methyl sites for hydroxylation is 1. The molecular formula is C18H23N3O4. The lowest BCUT2D eigenvalue weighted by Gasteiger charge is -2.23. The highest BCUT2D eigenvalue weighted by molar-refractivity contribution is 6.15. The summed E-state index contributed by atoms with van der Waals surface area (Å²) in [6.07, 6.45) is 1.49. The summed E-state index contributed by atoms with van der Waals surface area (Å²) in [5, 5.41) is 11.8. The minimum Gasteiger partial charge on any atom is -0.449 e. The molecule has 1 amide bonds. The molecule has 0 fully saturated rings. The van der Waals surface area contributed by atoms with Crippen LogP contribution in [0.1, 0.15) is 63.4 Å². The van der Waals surface area contributed by atoms with Crippen LogP contribution in [0.3, 0.4) is 0 Å². The van der Waals surface area contributed by atoms with E-state index < -0.39 is 11.7 Å². The number of nitrogens with zero attached hydrogens (tertiary/aromatic N) is 2. The van der Waals surface area contributed by atoms with Gasteiger partial charge in [0.15, 0.2) is 11.6 Å². The molecule has 1 aromatic rings. The summed E-state index contributed by atoms with van der Waals surface area (Å²) < 4.78 is 4.94. The van der Waals surface area contributed by atoms with Gasteiger partial charge in [-0.1, -0.05) is 20.8 Å². The van der Waals surface area contributed by atoms with E-state index in [1.807, 2.05) is 13.8 Å². The second-order valence-corrected chi connectivity index (χ2v) is 7.26. The average Bonchev–Trinajstić information content (AvgIpc) is 2.83. The van der Waals surface area contributed by atoms with Crippen LogP contribution in [-0.2, 0) is 11.2 Å². The van der Waals surface area contributed by atoms with Crippen molar-refractivity contribution in [1.82, 2.24) is 10.3 Å². The molecule has 0 bridgehead atoms. The maximum Gasteiger partial charge on any atom is 0.511 e. The van der Waals surface area contributed by atoms with E-state index in [0.29, 0.717) is 0 Å². The van der Waals surface area contributed by atoms with Crippen molar-refractivity contribution in [3.8, 4) is 5.75 Å². The molecule has 2 heterocycles. The van der Waals surface area contributed by atoms with Crippen LogP contribution < -0.4 is 10.1 Å². The summed E-state index contributed by atoms with van der Waals surface area (Å²) in [6, 6.07) is 1.72. The zero-order chi connectivity index (χ0) is 18.4. The Bertz CT molecular complexity index is 772. The van der Waals surface area contributed by atoms with Crippen molar-refractivity contribution in [2.75, 3.05) is 0 Å². The van der Waals surface area contributed by atoms with Crippen LogP contribution in [0.2, 0.25) is 0 Å². The third-order valence-corrected chi connectivity index (χ3v) is 5.23. The largest absolute Gasteiger partial charge is 0.511 e. The summed E-state index contributed by atoms with van der Waals surface area (Å²) in [5.41, 5.74) is 1.30. The van der Waals surface area contributed by atoms with E-state index in [0.717, 1.165) is 30.5 Å². The van der Waals surface area contributed by atoms with E-state index in [2.05, 4.69) is 22.2 Å². The van der Waals surface area contributed by atoms with Crippen molar-refractivity contribution in [3.05, 3.63) is 23.0 Å². The van der Waals surface area contributed by atoms with E-state index in [4.69, 9.17) is 9.84 Å². The van der Waals surface area contributed by atoms with Gasteiger partial charge in [0.25, 0.3) is 5.91 Å². The van der Waals surface area contributed by atoms with Gasteiger partial charge in [-0.25, -0.2) is 14.8 Å². The van der Waals surface area contributed by atoms with Gasteiger partial charge in [-0.3, -0.25) is 4.79 Å².